The van der Waals surface area contributed by atoms with E-state index in [4.69, 9.17) is 21.1 Å². The molecule has 1 aliphatic heterocycles. The predicted molar refractivity (Wildman–Crippen MR) is 90.3 cm³/mol. The first-order chi connectivity index (χ1) is 11.6. The summed E-state index contributed by atoms with van der Waals surface area (Å²) in [6, 6.07) is 5.10. The van der Waals surface area contributed by atoms with Gasteiger partial charge in [0.05, 0.1) is 23.9 Å². The summed E-state index contributed by atoms with van der Waals surface area (Å²) in [5.41, 5.74) is 2.84. The number of nitrogens with zero attached hydrogens (tertiary/aromatic N) is 1. The molecule has 1 aliphatic rings. The number of ether oxygens (including phenoxy) is 2. The number of halogens is 1. The van der Waals surface area contributed by atoms with Gasteiger partial charge < -0.3 is 14.8 Å². The molecule has 0 bridgehead atoms. The molecule has 2 amide bonds. The molecule has 0 spiro atoms. The molecule has 0 aromatic heterocycles. The second-order valence-corrected chi connectivity index (χ2v) is 5.57. The van der Waals surface area contributed by atoms with Crippen LogP contribution in [0.25, 0.3) is 0 Å². The van der Waals surface area contributed by atoms with Gasteiger partial charge in [0.25, 0.3) is 0 Å². The highest BCUT2D eigenvalue weighted by molar-refractivity contribution is 6.35. The van der Waals surface area contributed by atoms with Gasteiger partial charge in [0.15, 0.2) is 0 Å². The summed E-state index contributed by atoms with van der Waals surface area (Å²) in [5, 5.41) is 6.70. The number of hydrogen-bond acceptors (Lipinski definition) is 5. The molecule has 130 valence electrons. The van der Waals surface area contributed by atoms with Gasteiger partial charge in [0.2, 0.25) is 0 Å². The van der Waals surface area contributed by atoms with E-state index in [0.29, 0.717) is 36.1 Å². The summed E-state index contributed by atoms with van der Waals surface area (Å²) in [4.78, 5) is 23.2. The molecular formula is C16H20ClN3O4. The monoisotopic (exact) mass is 353 g/mol. The van der Waals surface area contributed by atoms with E-state index in [9.17, 15) is 9.59 Å². The fraction of sp³-hybridized carbons (Fsp3) is 0.438. The largest absolute Gasteiger partial charge is 0.492 e. The normalized spacial score (nSPS) is 17.0. The van der Waals surface area contributed by atoms with Crippen molar-refractivity contribution in [1.29, 1.82) is 0 Å². The molecule has 8 heteroatoms. The highest BCUT2D eigenvalue weighted by Gasteiger charge is 2.18. The Balaban J connectivity index is 1.78. The number of carbonyl (C=O) groups is 2. The minimum atomic E-state index is -0.832. The molecular weight excluding hydrogens is 334 g/mol. The van der Waals surface area contributed by atoms with Crippen LogP contribution < -0.4 is 15.5 Å². The number of benzene rings is 1. The van der Waals surface area contributed by atoms with Crippen LogP contribution in [0.2, 0.25) is 5.02 Å². The molecule has 0 radical (unpaired) electrons. The standard InChI is InChI=1S/C16H20ClN3O4/c1-2-23-14-6-5-11(8-13(14)17)9-19-20-16(22)15(21)18-10-12-4-3-7-24-12/h5-6,8-9,12H,2-4,7,10H2,1H3,(H,18,21)(H,20,22)/b19-9-/t12-/m1/s1. The van der Waals surface area contributed by atoms with Crippen LogP contribution in [-0.4, -0.2) is 43.9 Å². The third-order valence-electron chi connectivity index (χ3n) is 3.36. The van der Waals surface area contributed by atoms with Crippen LogP contribution in [0.1, 0.15) is 25.3 Å². The van der Waals surface area contributed by atoms with Gasteiger partial charge in [-0.15, -0.1) is 0 Å². The van der Waals surface area contributed by atoms with Crippen molar-refractivity contribution < 1.29 is 19.1 Å². The Hall–Kier alpha value is -2.12. The maximum atomic E-state index is 11.6. The first-order valence-electron chi connectivity index (χ1n) is 7.75. The number of hydrazone groups is 1. The second-order valence-electron chi connectivity index (χ2n) is 5.17. The van der Waals surface area contributed by atoms with E-state index in [0.717, 1.165) is 12.8 Å². The fourth-order valence-corrected chi connectivity index (χ4v) is 2.42. The SMILES string of the molecule is CCOc1ccc(/C=N\NC(=O)C(=O)NC[C@H]2CCCO2)cc1Cl. The summed E-state index contributed by atoms with van der Waals surface area (Å²) in [5.74, 6) is -0.998. The van der Waals surface area contributed by atoms with Crippen molar-refractivity contribution in [3.63, 3.8) is 0 Å². The maximum Gasteiger partial charge on any atom is 0.329 e. The lowest BCUT2D eigenvalue weighted by atomic mass is 10.2. The molecule has 1 aromatic rings. The van der Waals surface area contributed by atoms with E-state index < -0.39 is 11.8 Å². The zero-order valence-corrected chi connectivity index (χ0v) is 14.1. The third kappa shape index (κ3) is 5.50. The first-order valence-corrected chi connectivity index (χ1v) is 8.13. The van der Waals surface area contributed by atoms with Gasteiger partial charge in [-0.2, -0.15) is 5.10 Å². The van der Waals surface area contributed by atoms with Crippen molar-refractivity contribution in [1.82, 2.24) is 10.7 Å². The maximum absolute atomic E-state index is 11.6. The number of amides is 2. The smallest absolute Gasteiger partial charge is 0.329 e. The number of hydrogen-bond donors (Lipinski definition) is 2. The van der Waals surface area contributed by atoms with E-state index in [-0.39, 0.29) is 6.10 Å². The lowest BCUT2D eigenvalue weighted by molar-refractivity contribution is -0.139. The summed E-state index contributed by atoms with van der Waals surface area (Å²) < 4.78 is 10.7. The van der Waals surface area contributed by atoms with E-state index in [1.165, 1.54) is 6.21 Å². The van der Waals surface area contributed by atoms with Crippen molar-refractivity contribution in [3.05, 3.63) is 28.8 Å². The number of carbonyl (C=O) groups excluding carboxylic acids is 2. The second kappa shape index (κ2) is 9.24. The molecule has 1 heterocycles. The minimum absolute atomic E-state index is 0.0174. The van der Waals surface area contributed by atoms with Crippen LogP contribution in [-0.2, 0) is 14.3 Å². The molecule has 7 nitrogen and oxygen atoms in total. The first kappa shape index (κ1) is 18.2. The topological polar surface area (TPSA) is 89.0 Å². The van der Waals surface area contributed by atoms with Crippen LogP contribution in [0.3, 0.4) is 0 Å². The summed E-state index contributed by atoms with van der Waals surface area (Å²) in [7, 11) is 0. The molecule has 1 fully saturated rings. The Kier molecular flexibility index (Phi) is 7.02. The Labute approximate surface area is 145 Å². The van der Waals surface area contributed by atoms with Crippen LogP contribution in [0.5, 0.6) is 5.75 Å². The van der Waals surface area contributed by atoms with Crippen molar-refractivity contribution in [2.45, 2.75) is 25.9 Å². The Bertz CT molecular complexity index is 615. The molecule has 2 rings (SSSR count). The molecule has 0 aliphatic carbocycles. The molecule has 1 aromatic carbocycles. The number of rotatable bonds is 6. The van der Waals surface area contributed by atoms with Gasteiger partial charge in [-0.25, -0.2) is 5.43 Å². The van der Waals surface area contributed by atoms with E-state index >= 15 is 0 Å². The van der Waals surface area contributed by atoms with Crippen LogP contribution >= 0.6 is 11.6 Å². The van der Waals surface area contributed by atoms with Gasteiger partial charge in [-0.1, -0.05) is 11.6 Å². The number of nitrogens with one attached hydrogen (secondary N) is 2. The quantitative estimate of drug-likeness (QED) is 0.460. The zero-order valence-electron chi connectivity index (χ0n) is 13.4. The molecule has 24 heavy (non-hydrogen) atoms. The Morgan fingerprint density at radius 2 is 2.29 bits per heavy atom. The molecule has 0 unspecified atom stereocenters. The summed E-state index contributed by atoms with van der Waals surface area (Å²) in [6.45, 7) is 3.40. The van der Waals surface area contributed by atoms with Gasteiger partial charge in [0, 0.05) is 13.2 Å². The Morgan fingerprint density at radius 1 is 1.46 bits per heavy atom. The minimum Gasteiger partial charge on any atom is -0.492 e. The fourth-order valence-electron chi connectivity index (χ4n) is 2.18. The van der Waals surface area contributed by atoms with Gasteiger partial charge in [0.1, 0.15) is 5.75 Å². The van der Waals surface area contributed by atoms with Crippen molar-refractivity contribution >= 4 is 29.6 Å². The lowest BCUT2D eigenvalue weighted by Gasteiger charge is -2.09. The van der Waals surface area contributed by atoms with E-state index in [1.54, 1.807) is 18.2 Å². The van der Waals surface area contributed by atoms with Crippen LogP contribution in [0.15, 0.2) is 23.3 Å². The van der Waals surface area contributed by atoms with Gasteiger partial charge in [-0.3, -0.25) is 9.59 Å². The van der Waals surface area contributed by atoms with Crippen molar-refractivity contribution in [2.24, 2.45) is 5.10 Å². The molecule has 1 saturated heterocycles. The lowest BCUT2D eigenvalue weighted by Crippen LogP contribution is -2.41. The van der Waals surface area contributed by atoms with Gasteiger partial charge >= 0.3 is 11.8 Å². The highest BCUT2D eigenvalue weighted by atomic mass is 35.5. The Morgan fingerprint density at radius 3 is 2.96 bits per heavy atom. The van der Waals surface area contributed by atoms with Crippen molar-refractivity contribution in [2.75, 3.05) is 19.8 Å². The van der Waals surface area contributed by atoms with Crippen LogP contribution in [0, 0.1) is 0 Å². The average Bonchev–Trinajstić information content (AvgIpc) is 3.08. The molecule has 1 atom stereocenters. The zero-order chi connectivity index (χ0) is 17.4. The van der Waals surface area contributed by atoms with Gasteiger partial charge in [-0.05, 0) is 43.5 Å². The summed E-state index contributed by atoms with van der Waals surface area (Å²) in [6.07, 6.45) is 3.24. The molecule has 0 saturated carbocycles. The summed E-state index contributed by atoms with van der Waals surface area (Å²) >= 11 is 6.05. The average molecular weight is 354 g/mol. The van der Waals surface area contributed by atoms with Crippen LogP contribution in [0.4, 0.5) is 0 Å². The third-order valence-corrected chi connectivity index (χ3v) is 3.65. The molecule has 2 N–H and O–H groups in total. The van der Waals surface area contributed by atoms with Crippen molar-refractivity contribution in [3.8, 4) is 5.75 Å². The van der Waals surface area contributed by atoms with E-state index in [2.05, 4.69) is 15.8 Å². The van der Waals surface area contributed by atoms with E-state index in [1.807, 2.05) is 6.92 Å². The predicted octanol–water partition coefficient (Wildman–Crippen LogP) is 1.48. The highest BCUT2D eigenvalue weighted by Crippen LogP contribution is 2.24.